The monoisotopic (exact) mass is 437 g/mol. The van der Waals surface area contributed by atoms with Gasteiger partial charge in [-0.1, -0.05) is 35.9 Å². The molecule has 0 bridgehead atoms. The van der Waals surface area contributed by atoms with Crippen LogP contribution in [-0.4, -0.2) is 56.7 Å². The second-order valence-electron chi connectivity index (χ2n) is 8.05. The van der Waals surface area contributed by atoms with Gasteiger partial charge in [-0.3, -0.25) is 4.90 Å². The summed E-state index contributed by atoms with van der Waals surface area (Å²) in [6.45, 7) is 10.4. The Balaban J connectivity index is 1.40. The molecule has 0 aliphatic carbocycles. The molecule has 0 atom stereocenters. The highest BCUT2D eigenvalue weighted by molar-refractivity contribution is 7.09. The summed E-state index contributed by atoms with van der Waals surface area (Å²) in [5.41, 5.74) is 2.71. The Hall–Kier alpha value is -2.71. The molecule has 7 nitrogen and oxygen atoms in total. The van der Waals surface area contributed by atoms with Crippen LogP contribution in [0, 0.1) is 13.8 Å². The van der Waals surface area contributed by atoms with Crippen LogP contribution in [0.2, 0.25) is 0 Å². The van der Waals surface area contributed by atoms with Crippen LogP contribution < -0.4 is 5.32 Å². The van der Waals surface area contributed by atoms with E-state index in [1.807, 2.05) is 18.5 Å². The highest BCUT2D eigenvalue weighted by atomic mass is 32.1. The number of rotatable bonds is 6. The lowest BCUT2D eigenvalue weighted by Gasteiger charge is -2.36. The van der Waals surface area contributed by atoms with E-state index in [4.69, 9.17) is 4.99 Å². The summed E-state index contributed by atoms with van der Waals surface area (Å²) in [5.74, 6) is 2.73. The number of hydrogen-bond acceptors (Lipinski definition) is 5. The predicted octanol–water partition coefficient (Wildman–Crippen LogP) is 2.96. The van der Waals surface area contributed by atoms with Gasteiger partial charge in [-0.2, -0.15) is 0 Å². The van der Waals surface area contributed by atoms with Gasteiger partial charge in [0, 0.05) is 44.6 Å². The third-order valence-electron chi connectivity index (χ3n) is 5.71. The zero-order valence-electron chi connectivity index (χ0n) is 18.6. The molecular formula is C23H31N7S. The van der Waals surface area contributed by atoms with Gasteiger partial charge in [0.1, 0.15) is 12.4 Å². The van der Waals surface area contributed by atoms with E-state index in [1.165, 1.54) is 16.0 Å². The average Bonchev–Trinajstić information content (AvgIpc) is 3.40. The molecule has 1 N–H and O–H groups in total. The molecule has 0 radical (unpaired) electrons. The summed E-state index contributed by atoms with van der Waals surface area (Å²) in [5, 5.41) is 14.1. The first-order chi connectivity index (χ1) is 15.1. The molecule has 1 aliphatic heterocycles. The number of aryl methyl sites for hydroxylation is 2. The average molecular weight is 438 g/mol. The Bertz CT molecular complexity index is 1000. The summed E-state index contributed by atoms with van der Waals surface area (Å²) in [6.07, 6.45) is 0. The zero-order valence-corrected chi connectivity index (χ0v) is 19.4. The van der Waals surface area contributed by atoms with Crippen molar-refractivity contribution in [2.24, 2.45) is 12.0 Å². The van der Waals surface area contributed by atoms with E-state index in [0.717, 1.165) is 56.9 Å². The van der Waals surface area contributed by atoms with Crippen molar-refractivity contribution in [1.29, 1.82) is 0 Å². The van der Waals surface area contributed by atoms with Crippen LogP contribution >= 0.6 is 11.3 Å². The maximum Gasteiger partial charge on any atom is 0.194 e. The third-order valence-corrected chi connectivity index (χ3v) is 6.59. The largest absolute Gasteiger partial charge is 0.351 e. The van der Waals surface area contributed by atoms with Crippen molar-refractivity contribution in [3.63, 3.8) is 0 Å². The van der Waals surface area contributed by atoms with E-state index in [9.17, 15) is 0 Å². The minimum absolute atomic E-state index is 0.521. The van der Waals surface area contributed by atoms with Crippen molar-refractivity contribution in [2.45, 2.75) is 33.5 Å². The summed E-state index contributed by atoms with van der Waals surface area (Å²) in [6, 6.07) is 13.0. The normalized spacial score (nSPS) is 15.5. The summed E-state index contributed by atoms with van der Waals surface area (Å²) in [4.78, 5) is 11.1. The number of guanidine groups is 1. The lowest BCUT2D eigenvalue weighted by atomic mass is 10.1. The van der Waals surface area contributed by atoms with Gasteiger partial charge in [0.25, 0.3) is 0 Å². The van der Waals surface area contributed by atoms with E-state index in [1.54, 1.807) is 11.3 Å². The Morgan fingerprint density at radius 3 is 2.61 bits per heavy atom. The van der Waals surface area contributed by atoms with Crippen molar-refractivity contribution in [1.82, 2.24) is 29.9 Å². The summed E-state index contributed by atoms with van der Waals surface area (Å²) in [7, 11) is 1.99. The van der Waals surface area contributed by atoms with Crippen molar-refractivity contribution in [3.8, 4) is 0 Å². The number of piperazine rings is 1. The lowest BCUT2D eigenvalue weighted by Crippen LogP contribution is -2.52. The molecule has 1 saturated heterocycles. The van der Waals surface area contributed by atoms with Gasteiger partial charge in [-0.15, -0.1) is 21.5 Å². The minimum Gasteiger partial charge on any atom is -0.351 e. The zero-order chi connectivity index (χ0) is 21.6. The number of aliphatic imine (C=N–C) groups is 1. The maximum absolute atomic E-state index is 4.91. The quantitative estimate of drug-likeness (QED) is 0.475. The topological polar surface area (TPSA) is 61.6 Å². The minimum atomic E-state index is 0.521. The second kappa shape index (κ2) is 10.1. The highest BCUT2D eigenvalue weighted by Gasteiger charge is 2.20. The van der Waals surface area contributed by atoms with Gasteiger partial charge >= 0.3 is 0 Å². The number of benzene rings is 1. The SMILES string of the molecule is Cc1cccc(CN2CCN(C(=NCc3nnc(C)n3C)NCc3cccs3)CC2)c1. The van der Waals surface area contributed by atoms with Crippen LogP contribution in [0.1, 0.15) is 27.7 Å². The highest BCUT2D eigenvalue weighted by Crippen LogP contribution is 2.12. The molecule has 3 heterocycles. The van der Waals surface area contributed by atoms with E-state index >= 15 is 0 Å². The van der Waals surface area contributed by atoms with Crippen LogP contribution in [0.25, 0.3) is 0 Å². The smallest absolute Gasteiger partial charge is 0.194 e. The van der Waals surface area contributed by atoms with Gasteiger partial charge in [0.15, 0.2) is 11.8 Å². The molecule has 31 heavy (non-hydrogen) atoms. The summed E-state index contributed by atoms with van der Waals surface area (Å²) < 4.78 is 2.00. The maximum atomic E-state index is 4.91. The van der Waals surface area contributed by atoms with Crippen LogP contribution in [-0.2, 0) is 26.7 Å². The van der Waals surface area contributed by atoms with Gasteiger partial charge in [0.05, 0.1) is 6.54 Å². The molecule has 3 aromatic rings. The van der Waals surface area contributed by atoms with Crippen molar-refractivity contribution < 1.29 is 0 Å². The molecule has 4 rings (SSSR count). The van der Waals surface area contributed by atoms with Crippen LogP contribution in [0.5, 0.6) is 0 Å². The fourth-order valence-electron chi connectivity index (χ4n) is 3.77. The second-order valence-corrected chi connectivity index (χ2v) is 9.08. The predicted molar refractivity (Wildman–Crippen MR) is 126 cm³/mol. The standard InChI is InChI=1S/C23H31N7S/c1-18-6-4-7-20(14-18)17-29-9-11-30(12-10-29)23(24-15-21-8-5-13-31-21)25-16-22-27-26-19(2)28(22)3/h4-8,13-14H,9-12,15-17H2,1-3H3,(H,24,25). The molecule has 2 aromatic heterocycles. The first kappa shape index (κ1) is 21.5. The van der Waals surface area contributed by atoms with Crippen molar-refractivity contribution >= 4 is 17.3 Å². The molecule has 164 valence electrons. The molecule has 1 aromatic carbocycles. The van der Waals surface area contributed by atoms with E-state index in [-0.39, 0.29) is 0 Å². The van der Waals surface area contributed by atoms with Crippen LogP contribution in [0.4, 0.5) is 0 Å². The fourth-order valence-corrected chi connectivity index (χ4v) is 4.41. The number of thiophene rings is 1. The van der Waals surface area contributed by atoms with Crippen molar-refractivity contribution in [3.05, 3.63) is 69.4 Å². The van der Waals surface area contributed by atoms with E-state index < -0.39 is 0 Å². The summed E-state index contributed by atoms with van der Waals surface area (Å²) >= 11 is 1.76. The molecule has 0 unspecified atom stereocenters. The lowest BCUT2D eigenvalue weighted by molar-refractivity contribution is 0.172. The molecule has 8 heteroatoms. The molecule has 1 aliphatic rings. The Morgan fingerprint density at radius 1 is 1.10 bits per heavy atom. The first-order valence-electron chi connectivity index (χ1n) is 10.8. The first-order valence-corrected chi connectivity index (χ1v) is 11.6. The van der Waals surface area contributed by atoms with Crippen LogP contribution in [0.3, 0.4) is 0 Å². The molecule has 0 spiro atoms. The number of nitrogens with zero attached hydrogens (tertiary/aromatic N) is 6. The molecular weight excluding hydrogens is 406 g/mol. The molecule has 0 saturated carbocycles. The number of hydrogen-bond donors (Lipinski definition) is 1. The van der Waals surface area contributed by atoms with Gasteiger partial charge in [-0.05, 0) is 30.9 Å². The van der Waals surface area contributed by atoms with Gasteiger partial charge in [-0.25, -0.2) is 4.99 Å². The van der Waals surface area contributed by atoms with Gasteiger partial charge in [0.2, 0.25) is 0 Å². The van der Waals surface area contributed by atoms with E-state index in [2.05, 4.69) is 74.0 Å². The fraction of sp³-hybridized carbons (Fsp3) is 0.435. The Kier molecular flexibility index (Phi) is 6.99. The number of nitrogens with one attached hydrogen (secondary N) is 1. The van der Waals surface area contributed by atoms with Crippen molar-refractivity contribution in [2.75, 3.05) is 26.2 Å². The van der Waals surface area contributed by atoms with Crippen LogP contribution in [0.15, 0.2) is 46.8 Å². The Morgan fingerprint density at radius 2 is 1.94 bits per heavy atom. The molecule has 1 fully saturated rings. The third kappa shape index (κ3) is 5.71. The Labute approximate surface area is 188 Å². The van der Waals surface area contributed by atoms with Gasteiger partial charge < -0.3 is 14.8 Å². The van der Waals surface area contributed by atoms with E-state index in [0.29, 0.717) is 6.54 Å². The number of aromatic nitrogens is 3. The molecule has 0 amide bonds.